The van der Waals surface area contributed by atoms with Crippen LogP contribution < -0.4 is 5.09 Å². The maximum Gasteiger partial charge on any atom is 0.429 e. The lowest BCUT2D eigenvalue weighted by Crippen LogP contribution is -2.32. The molecular formula is C9H19NO3P+. The molecule has 0 aromatic carbocycles. The predicted octanol–water partition coefficient (Wildman–Crippen LogP) is 1.93. The molecule has 0 fully saturated rings. The monoisotopic (exact) mass is 220 g/mol. The fourth-order valence-corrected chi connectivity index (χ4v) is 1.39. The fraction of sp³-hybridized carbons (Fsp3) is 0.889. The van der Waals surface area contributed by atoms with Crippen molar-refractivity contribution in [2.45, 2.75) is 33.7 Å². The van der Waals surface area contributed by atoms with Crippen molar-refractivity contribution in [2.24, 2.45) is 5.41 Å². The van der Waals surface area contributed by atoms with Gasteiger partial charge in [-0.05, 0) is 12.3 Å². The normalized spacial score (nSPS) is 14.8. The highest BCUT2D eigenvalue weighted by Crippen LogP contribution is 2.14. The summed E-state index contributed by atoms with van der Waals surface area (Å²) in [5.74, 6) is -0.356. The molecule has 5 heteroatoms. The van der Waals surface area contributed by atoms with Crippen molar-refractivity contribution < 1.29 is 14.1 Å². The van der Waals surface area contributed by atoms with E-state index < -0.39 is 14.0 Å². The van der Waals surface area contributed by atoms with E-state index in [-0.39, 0.29) is 11.4 Å². The SMILES string of the molecule is CC(N[P+](C)=O)C(=O)OCC(C)(C)C. The smallest absolute Gasteiger partial charge is 0.429 e. The molecule has 14 heavy (non-hydrogen) atoms. The van der Waals surface area contributed by atoms with Gasteiger partial charge in [0.15, 0.2) is 6.66 Å². The average Bonchev–Trinajstić information content (AvgIpc) is 1.97. The van der Waals surface area contributed by atoms with Gasteiger partial charge in [-0.1, -0.05) is 30.4 Å². The Balaban J connectivity index is 3.91. The molecule has 0 radical (unpaired) electrons. The van der Waals surface area contributed by atoms with Crippen molar-refractivity contribution in [3.8, 4) is 0 Å². The number of hydrogen-bond acceptors (Lipinski definition) is 3. The maximum atomic E-state index is 11.3. The minimum absolute atomic E-state index is 0.0379. The van der Waals surface area contributed by atoms with Crippen LogP contribution >= 0.6 is 7.95 Å². The van der Waals surface area contributed by atoms with Gasteiger partial charge in [-0.3, -0.25) is 4.79 Å². The lowest BCUT2D eigenvalue weighted by Gasteiger charge is -2.18. The molecule has 0 heterocycles. The van der Waals surface area contributed by atoms with Crippen LogP contribution in [-0.2, 0) is 14.1 Å². The molecule has 0 bridgehead atoms. The highest BCUT2D eigenvalue weighted by Gasteiger charge is 2.23. The van der Waals surface area contributed by atoms with E-state index in [1.165, 1.54) is 6.66 Å². The highest BCUT2D eigenvalue weighted by atomic mass is 31.1. The molecule has 0 aliphatic carbocycles. The van der Waals surface area contributed by atoms with Crippen LogP contribution in [0.25, 0.3) is 0 Å². The number of nitrogens with one attached hydrogen (secondary N) is 1. The molecule has 0 aromatic heterocycles. The number of hydrogen-bond donors (Lipinski definition) is 1. The zero-order chi connectivity index (χ0) is 11.4. The van der Waals surface area contributed by atoms with E-state index in [0.29, 0.717) is 6.61 Å². The predicted molar refractivity (Wildman–Crippen MR) is 56.5 cm³/mol. The third-order valence-corrected chi connectivity index (χ3v) is 2.13. The van der Waals surface area contributed by atoms with E-state index in [1.807, 2.05) is 20.8 Å². The Labute approximate surface area is 86.2 Å². The summed E-state index contributed by atoms with van der Waals surface area (Å²) in [7, 11) is -1.51. The summed E-state index contributed by atoms with van der Waals surface area (Å²) in [6.07, 6.45) is 0. The molecular weight excluding hydrogens is 201 g/mol. The third-order valence-electron chi connectivity index (χ3n) is 1.38. The second kappa shape index (κ2) is 5.42. The van der Waals surface area contributed by atoms with E-state index in [1.54, 1.807) is 6.92 Å². The van der Waals surface area contributed by atoms with Crippen molar-refractivity contribution in [2.75, 3.05) is 13.3 Å². The Morgan fingerprint density at radius 2 is 2.00 bits per heavy atom. The Kier molecular flexibility index (Phi) is 5.24. The quantitative estimate of drug-likeness (QED) is 0.581. The number of carbonyl (C=O) groups excluding carboxylic acids is 1. The minimum Gasteiger partial charge on any atom is -0.464 e. The molecule has 0 aliphatic heterocycles. The molecule has 2 unspecified atom stereocenters. The molecule has 0 spiro atoms. The van der Waals surface area contributed by atoms with Gasteiger partial charge in [0.05, 0.1) is 6.61 Å². The highest BCUT2D eigenvalue weighted by molar-refractivity contribution is 7.41. The van der Waals surface area contributed by atoms with Gasteiger partial charge in [0.2, 0.25) is 0 Å². The number of esters is 1. The first kappa shape index (κ1) is 13.5. The Morgan fingerprint density at radius 1 is 1.50 bits per heavy atom. The second-order valence-corrected chi connectivity index (χ2v) is 5.77. The zero-order valence-electron chi connectivity index (χ0n) is 9.46. The van der Waals surface area contributed by atoms with Crippen molar-refractivity contribution in [3.63, 3.8) is 0 Å². The second-order valence-electron chi connectivity index (χ2n) is 4.52. The molecule has 1 N–H and O–H groups in total. The summed E-state index contributed by atoms with van der Waals surface area (Å²) in [4.78, 5) is 11.3. The average molecular weight is 220 g/mol. The Bertz CT molecular complexity index is 223. The van der Waals surface area contributed by atoms with Crippen LogP contribution in [0.15, 0.2) is 0 Å². The van der Waals surface area contributed by atoms with Gasteiger partial charge < -0.3 is 4.74 Å². The lowest BCUT2D eigenvalue weighted by molar-refractivity contribution is -0.147. The van der Waals surface area contributed by atoms with E-state index in [9.17, 15) is 9.36 Å². The first-order valence-corrected chi connectivity index (χ1v) is 6.27. The van der Waals surface area contributed by atoms with E-state index in [2.05, 4.69) is 5.09 Å². The van der Waals surface area contributed by atoms with E-state index in [4.69, 9.17) is 4.74 Å². The van der Waals surface area contributed by atoms with Crippen molar-refractivity contribution in [3.05, 3.63) is 0 Å². The van der Waals surface area contributed by atoms with Gasteiger partial charge in [-0.15, -0.1) is 0 Å². The van der Waals surface area contributed by atoms with Gasteiger partial charge in [0, 0.05) is 0 Å². The van der Waals surface area contributed by atoms with Crippen LogP contribution in [0.3, 0.4) is 0 Å². The van der Waals surface area contributed by atoms with Crippen LogP contribution in [0.2, 0.25) is 0 Å². The first-order valence-electron chi connectivity index (χ1n) is 4.56. The van der Waals surface area contributed by atoms with Gasteiger partial charge in [-0.2, -0.15) is 0 Å². The number of rotatable bonds is 4. The molecule has 0 aromatic rings. The molecule has 82 valence electrons. The van der Waals surface area contributed by atoms with Gasteiger partial charge >= 0.3 is 13.9 Å². The summed E-state index contributed by atoms with van der Waals surface area (Å²) >= 11 is 0. The van der Waals surface area contributed by atoms with Gasteiger partial charge in [0.1, 0.15) is 6.04 Å². The van der Waals surface area contributed by atoms with Gasteiger partial charge in [-0.25, -0.2) is 0 Å². The summed E-state index contributed by atoms with van der Waals surface area (Å²) in [6.45, 7) is 9.49. The van der Waals surface area contributed by atoms with E-state index in [0.717, 1.165) is 0 Å². The van der Waals surface area contributed by atoms with Crippen LogP contribution in [0, 0.1) is 5.41 Å². The van der Waals surface area contributed by atoms with Crippen LogP contribution in [0.5, 0.6) is 0 Å². The third kappa shape index (κ3) is 6.98. The lowest BCUT2D eigenvalue weighted by atomic mass is 9.99. The molecule has 4 nitrogen and oxygen atoms in total. The van der Waals surface area contributed by atoms with Crippen LogP contribution in [0.4, 0.5) is 0 Å². The standard InChI is InChI=1S/C9H19NO3P/c1-7(10-14(5)12)8(11)13-6-9(2,3)4/h7H,6H2,1-5H3,(H,10,12)/q+1. The minimum atomic E-state index is -1.51. The largest absolute Gasteiger partial charge is 0.464 e. The summed E-state index contributed by atoms with van der Waals surface area (Å²) in [5.41, 5.74) is -0.0379. The summed E-state index contributed by atoms with van der Waals surface area (Å²) < 4.78 is 15.8. The number of carbonyl (C=O) groups is 1. The molecule has 2 atom stereocenters. The maximum absolute atomic E-state index is 11.3. The molecule has 0 amide bonds. The van der Waals surface area contributed by atoms with Crippen molar-refractivity contribution in [1.29, 1.82) is 0 Å². The summed E-state index contributed by atoms with van der Waals surface area (Å²) in [5, 5.41) is 2.61. The topological polar surface area (TPSA) is 55.4 Å². The first-order chi connectivity index (χ1) is 6.22. The van der Waals surface area contributed by atoms with Crippen LogP contribution in [-0.4, -0.2) is 25.3 Å². The summed E-state index contributed by atoms with van der Waals surface area (Å²) in [6, 6.07) is -0.508. The van der Waals surface area contributed by atoms with Crippen molar-refractivity contribution >= 4 is 13.9 Å². The molecule has 0 saturated carbocycles. The molecule has 0 saturated heterocycles. The van der Waals surface area contributed by atoms with E-state index >= 15 is 0 Å². The molecule has 0 rings (SSSR count). The Morgan fingerprint density at radius 3 is 2.36 bits per heavy atom. The van der Waals surface area contributed by atoms with Crippen molar-refractivity contribution in [1.82, 2.24) is 5.09 Å². The fourth-order valence-electron chi connectivity index (χ4n) is 0.738. The van der Waals surface area contributed by atoms with Gasteiger partial charge in [0.25, 0.3) is 0 Å². The van der Waals surface area contributed by atoms with Crippen LogP contribution in [0.1, 0.15) is 27.7 Å². The number of ether oxygens (including phenoxy) is 1. The zero-order valence-corrected chi connectivity index (χ0v) is 10.4. The molecule has 0 aliphatic rings. The Hall–Kier alpha value is -0.470.